The highest BCUT2D eigenvalue weighted by Gasteiger charge is 2.21. The number of nitrogens with one attached hydrogen (secondary N) is 2. The molecule has 21 heavy (non-hydrogen) atoms. The molecule has 0 aliphatic carbocycles. The van der Waals surface area contributed by atoms with Crippen LogP contribution in [0.25, 0.3) is 0 Å². The van der Waals surface area contributed by atoms with E-state index in [1.807, 2.05) is 13.0 Å². The summed E-state index contributed by atoms with van der Waals surface area (Å²) < 4.78 is 0. The monoisotopic (exact) mass is 313 g/mol. The summed E-state index contributed by atoms with van der Waals surface area (Å²) in [6.07, 6.45) is 0.896. The van der Waals surface area contributed by atoms with Crippen molar-refractivity contribution >= 4 is 24.2 Å². The van der Waals surface area contributed by atoms with Crippen LogP contribution < -0.4 is 16.4 Å². The Morgan fingerprint density at radius 3 is 2.48 bits per heavy atom. The number of carbonyl (C=O) groups is 2. The Labute approximate surface area is 132 Å². The maximum Gasteiger partial charge on any atom is 0.251 e. The molecule has 0 spiro atoms. The third-order valence-corrected chi connectivity index (χ3v) is 2.76. The van der Waals surface area contributed by atoms with Crippen molar-refractivity contribution in [3.8, 4) is 0 Å². The highest BCUT2D eigenvalue weighted by Crippen LogP contribution is 2.06. The van der Waals surface area contributed by atoms with Gasteiger partial charge < -0.3 is 16.4 Å². The van der Waals surface area contributed by atoms with E-state index in [1.165, 1.54) is 0 Å². The van der Waals surface area contributed by atoms with E-state index in [2.05, 4.69) is 10.6 Å². The number of halogens is 1. The van der Waals surface area contributed by atoms with Crippen LogP contribution in [-0.4, -0.2) is 23.9 Å². The first-order chi connectivity index (χ1) is 9.34. The van der Waals surface area contributed by atoms with E-state index in [-0.39, 0.29) is 24.2 Å². The minimum Gasteiger partial charge on any atom is -0.352 e. The van der Waals surface area contributed by atoms with E-state index in [0.717, 1.165) is 12.0 Å². The fourth-order valence-corrected chi connectivity index (χ4v) is 1.57. The lowest BCUT2D eigenvalue weighted by atomic mass is 10.1. The minimum absolute atomic E-state index is 0. The lowest BCUT2D eigenvalue weighted by Crippen LogP contribution is -2.48. The molecule has 118 valence electrons. The first-order valence-electron chi connectivity index (χ1n) is 6.79. The van der Waals surface area contributed by atoms with Crippen molar-refractivity contribution in [3.63, 3.8) is 0 Å². The van der Waals surface area contributed by atoms with Gasteiger partial charge in [0.15, 0.2) is 0 Å². The molecule has 0 saturated heterocycles. The molecule has 0 heterocycles. The molecule has 1 aromatic carbocycles. The standard InChI is InChI=1S/C15H23N3O2.ClH/c1-4-8-17-13(19)12-7-5-6-11(9-12)10-18-14(20)15(2,3)16;/h5-7,9H,4,8,10,16H2,1-3H3,(H,17,19)(H,18,20);1H. The average molecular weight is 314 g/mol. The molecule has 0 aliphatic rings. The molecule has 0 aliphatic heterocycles. The molecule has 0 saturated carbocycles. The molecule has 0 fully saturated rings. The highest BCUT2D eigenvalue weighted by atomic mass is 35.5. The summed E-state index contributed by atoms with van der Waals surface area (Å²) in [4.78, 5) is 23.5. The molecule has 0 radical (unpaired) electrons. The largest absolute Gasteiger partial charge is 0.352 e. The second-order valence-electron chi connectivity index (χ2n) is 5.36. The second-order valence-corrected chi connectivity index (χ2v) is 5.36. The molecule has 6 heteroatoms. The van der Waals surface area contributed by atoms with Crippen molar-refractivity contribution in [2.45, 2.75) is 39.3 Å². The fourth-order valence-electron chi connectivity index (χ4n) is 1.57. The number of rotatable bonds is 6. The topological polar surface area (TPSA) is 84.2 Å². The summed E-state index contributed by atoms with van der Waals surface area (Å²) in [7, 11) is 0. The third kappa shape index (κ3) is 6.60. The SMILES string of the molecule is CCCNC(=O)c1cccc(CNC(=O)C(C)(C)N)c1.Cl. The minimum atomic E-state index is -0.907. The number of hydrogen-bond acceptors (Lipinski definition) is 3. The quantitative estimate of drug-likeness (QED) is 0.746. The zero-order valence-corrected chi connectivity index (χ0v) is 13.5. The summed E-state index contributed by atoms with van der Waals surface area (Å²) in [5, 5.41) is 5.57. The fraction of sp³-hybridized carbons (Fsp3) is 0.467. The van der Waals surface area contributed by atoms with Gasteiger partial charge in [0, 0.05) is 18.7 Å². The molecule has 5 nitrogen and oxygen atoms in total. The van der Waals surface area contributed by atoms with Crippen LogP contribution in [0.5, 0.6) is 0 Å². The lowest BCUT2D eigenvalue weighted by molar-refractivity contribution is -0.125. The Morgan fingerprint density at radius 1 is 1.24 bits per heavy atom. The number of carbonyl (C=O) groups excluding carboxylic acids is 2. The van der Waals surface area contributed by atoms with Gasteiger partial charge in [-0.3, -0.25) is 9.59 Å². The van der Waals surface area contributed by atoms with Gasteiger partial charge in [-0.15, -0.1) is 12.4 Å². The van der Waals surface area contributed by atoms with Gasteiger partial charge in [0.25, 0.3) is 5.91 Å². The van der Waals surface area contributed by atoms with Crippen LogP contribution >= 0.6 is 12.4 Å². The third-order valence-electron chi connectivity index (χ3n) is 2.76. The first kappa shape index (κ1) is 19.4. The molecule has 0 unspecified atom stereocenters. The zero-order valence-electron chi connectivity index (χ0n) is 12.7. The van der Waals surface area contributed by atoms with E-state index in [0.29, 0.717) is 18.7 Å². The molecular formula is C15H24ClN3O2. The maximum absolute atomic E-state index is 11.8. The van der Waals surface area contributed by atoms with Crippen molar-refractivity contribution in [3.05, 3.63) is 35.4 Å². The Balaban J connectivity index is 0.00000400. The zero-order chi connectivity index (χ0) is 15.2. The van der Waals surface area contributed by atoms with Crippen molar-refractivity contribution in [2.24, 2.45) is 5.73 Å². The molecule has 0 bridgehead atoms. The van der Waals surface area contributed by atoms with E-state index in [9.17, 15) is 9.59 Å². The molecule has 1 rings (SSSR count). The molecule has 0 aromatic heterocycles. The van der Waals surface area contributed by atoms with Crippen LogP contribution in [0.2, 0.25) is 0 Å². The molecule has 0 atom stereocenters. The van der Waals surface area contributed by atoms with Gasteiger partial charge >= 0.3 is 0 Å². The van der Waals surface area contributed by atoms with Gasteiger partial charge in [0.1, 0.15) is 0 Å². The Hall–Kier alpha value is -1.59. The van der Waals surface area contributed by atoms with Crippen LogP contribution in [0.1, 0.15) is 43.1 Å². The van der Waals surface area contributed by atoms with Crippen molar-refractivity contribution in [1.82, 2.24) is 10.6 Å². The summed E-state index contributed by atoms with van der Waals surface area (Å²) in [5.74, 6) is -0.322. The van der Waals surface area contributed by atoms with Crippen LogP contribution in [-0.2, 0) is 11.3 Å². The number of nitrogens with two attached hydrogens (primary N) is 1. The van der Waals surface area contributed by atoms with Gasteiger partial charge in [0.2, 0.25) is 5.91 Å². The molecule has 1 aromatic rings. The first-order valence-corrected chi connectivity index (χ1v) is 6.79. The second kappa shape index (κ2) is 8.64. The van der Waals surface area contributed by atoms with Crippen LogP contribution in [0.15, 0.2) is 24.3 Å². The Bertz CT molecular complexity index is 484. The van der Waals surface area contributed by atoms with E-state index in [1.54, 1.807) is 32.0 Å². The lowest BCUT2D eigenvalue weighted by Gasteiger charge is -2.17. The van der Waals surface area contributed by atoms with Crippen molar-refractivity contribution in [1.29, 1.82) is 0 Å². The van der Waals surface area contributed by atoms with E-state index < -0.39 is 5.54 Å². The van der Waals surface area contributed by atoms with Crippen LogP contribution in [0, 0.1) is 0 Å². The summed E-state index contributed by atoms with van der Waals surface area (Å²) in [5.41, 5.74) is 6.26. The smallest absolute Gasteiger partial charge is 0.251 e. The van der Waals surface area contributed by atoms with Gasteiger partial charge in [-0.1, -0.05) is 19.1 Å². The van der Waals surface area contributed by atoms with Crippen LogP contribution in [0.4, 0.5) is 0 Å². The van der Waals surface area contributed by atoms with Crippen molar-refractivity contribution < 1.29 is 9.59 Å². The van der Waals surface area contributed by atoms with Gasteiger partial charge in [-0.05, 0) is 38.0 Å². The van der Waals surface area contributed by atoms with E-state index in [4.69, 9.17) is 5.73 Å². The summed E-state index contributed by atoms with van der Waals surface area (Å²) in [6, 6.07) is 7.19. The number of benzene rings is 1. The van der Waals surface area contributed by atoms with Gasteiger partial charge in [-0.2, -0.15) is 0 Å². The molecule has 2 amide bonds. The Kier molecular flexibility index (Phi) is 7.99. The summed E-state index contributed by atoms with van der Waals surface area (Å²) >= 11 is 0. The van der Waals surface area contributed by atoms with Gasteiger partial charge in [-0.25, -0.2) is 0 Å². The maximum atomic E-state index is 11.8. The molecular weight excluding hydrogens is 290 g/mol. The van der Waals surface area contributed by atoms with Gasteiger partial charge in [0.05, 0.1) is 5.54 Å². The number of hydrogen-bond donors (Lipinski definition) is 3. The number of amides is 2. The predicted octanol–water partition coefficient (Wildman–Crippen LogP) is 1.60. The van der Waals surface area contributed by atoms with Crippen molar-refractivity contribution in [2.75, 3.05) is 6.54 Å². The predicted molar refractivity (Wildman–Crippen MR) is 86.4 cm³/mol. The van der Waals surface area contributed by atoms with E-state index >= 15 is 0 Å². The normalized spacial score (nSPS) is 10.5. The summed E-state index contributed by atoms with van der Waals surface area (Å²) in [6.45, 7) is 6.31. The van der Waals surface area contributed by atoms with Crippen LogP contribution in [0.3, 0.4) is 0 Å². The average Bonchev–Trinajstić information content (AvgIpc) is 2.41. The molecule has 4 N–H and O–H groups in total. The highest BCUT2D eigenvalue weighted by molar-refractivity contribution is 5.94. The Morgan fingerprint density at radius 2 is 1.90 bits per heavy atom.